The van der Waals surface area contributed by atoms with E-state index in [0.717, 1.165) is 31.7 Å². The van der Waals surface area contributed by atoms with Crippen LogP contribution in [0.4, 0.5) is 8.78 Å². The number of nitrogens with zero attached hydrogens (tertiary/aromatic N) is 3. The molecule has 3 aliphatic heterocycles. The largest absolute Gasteiger partial charge is 0.349 e. The third kappa shape index (κ3) is 5.69. The summed E-state index contributed by atoms with van der Waals surface area (Å²) in [6.07, 6.45) is 0.403. The maximum absolute atomic E-state index is 15.1. The molecule has 39 heavy (non-hydrogen) atoms. The van der Waals surface area contributed by atoms with Crippen LogP contribution in [0, 0.1) is 0 Å². The number of fused-ring (bicyclic) bond motifs is 1. The highest BCUT2D eigenvalue weighted by Gasteiger charge is 2.41. The molecular weight excluding hydrogens is 508 g/mol. The van der Waals surface area contributed by atoms with E-state index < -0.39 is 23.8 Å². The Balaban J connectivity index is 1.21. The molecule has 3 heterocycles. The van der Waals surface area contributed by atoms with E-state index in [9.17, 15) is 19.2 Å². The number of halogens is 2. The fourth-order valence-corrected chi connectivity index (χ4v) is 5.29. The number of amides is 4. The molecule has 2 fully saturated rings. The van der Waals surface area contributed by atoms with E-state index in [0.29, 0.717) is 23.2 Å². The second-order valence-corrected chi connectivity index (χ2v) is 10.4. The Morgan fingerprint density at radius 1 is 1.05 bits per heavy atom. The standard InChI is InChI=1S/C28H31F2N5O4/c1-33-9-11-34(12-10-33)16-19-3-2-4-21(14-19)28(29,30)27(39)31-15-18-5-6-22-20(13-18)17-35(26(22)38)23-7-8-24(36)32-25(23)37/h2-6,13-14,23H,7-12,15-17H2,1H3,(H,31,39)(H,32,36,37). The molecule has 0 saturated carbocycles. The van der Waals surface area contributed by atoms with Gasteiger partial charge < -0.3 is 15.1 Å². The van der Waals surface area contributed by atoms with Crippen molar-refractivity contribution in [1.82, 2.24) is 25.3 Å². The fourth-order valence-electron chi connectivity index (χ4n) is 5.29. The van der Waals surface area contributed by atoms with Crippen LogP contribution in [0.5, 0.6) is 0 Å². The van der Waals surface area contributed by atoms with Crippen molar-refractivity contribution >= 4 is 23.6 Å². The Morgan fingerprint density at radius 3 is 2.56 bits per heavy atom. The van der Waals surface area contributed by atoms with Gasteiger partial charge in [-0.05, 0) is 42.3 Å². The highest BCUT2D eigenvalue weighted by atomic mass is 19.3. The van der Waals surface area contributed by atoms with Crippen LogP contribution in [-0.2, 0) is 39.9 Å². The van der Waals surface area contributed by atoms with Gasteiger partial charge in [0.05, 0.1) is 0 Å². The number of hydrogen-bond acceptors (Lipinski definition) is 6. The SMILES string of the molecule is CN1CCN(Cc2cccc(C(F)(F)C(=O)NCc3ccc4c(c3)CN(C3CCC(=O)NC3=O)C4=O)c2)CC1. The molecule has 4 amide bonds. The quantitative estimate of drug-likeness (QED) is 0.519. The monoisotopic (exact) mass is 539 g/mol. The minimum atomic E-state index is -3.71. The fraction of sp³-hybridized carbons (Fsp3) is 0.429. The summed E-state index contributed by atoms with van der Waals surface area (Å²) in [5, 5.41) is 4.58. The van der Waals surface area contributed by atoms with E-state index >= 15 is 8.78 Å². The molecule has 0 aromatic heterocycles. The Labute approximate surface area is 225 Å². The number of carbonyl (C=O) groups excluding carboxylic acids is 4. The molecule has 11 heteroatoms. The third-order valence-corrected chi connectivity index (χ3v) is 7.62. The molecule has 5 rings (SSSR count). The number of carbonyl (C=O) groups is 4. The first kappa shape index (κ1) is 26.9. The van der Waals surface area contributed by atoms with Gasteiger partial charge in [-0.3, -0.25) is 29.4 Å². The summed E-state index contributed by atoms with van der Waals surface area (Å²) >= 11 is 0. The maximum Gasteiger partial charge on any atom is 0.349 e. The molecule has 0 aliphatic carbocycles. The molecule has 1 atom stereocenters. The molecule has 1 unspecified atom stereocenters. The van der Waals surface area contributed by atoms with Gasteiger partial charge in [0, 0.05) is 63.4 Å². The number of benzene rings is 2. The van der Waals surface area contributed by atoms with Gasteiger partial charge in [-0.1, -0.05) is 30.3 Å². The first-order valence-corrected chi connectivity index (χ1v) is 13.0. The van der Waals surface area contributed by atoms with Crippen LogP contribution >= 0.6 is 0 Å². The van der Waals surface area contributed by atoms with E-state index in [1.807, 2.05) is 0 Å². The van der Waals surface area contributed by atoms with Crippen molar-refractivity contribution in [2.24, 2.45) is 0 Å². The lowest BCUT2D eigenvalue weighted by Crippen LogP contribution is -2.52. The van der Waals surface area contributed by atoms with E-state index in [1.165, 1.54) is 17.0 Å². The molecule has 206 valence electrons. The number of nitrogens with one attached hydrogen (secondary N) is 2. The molecule has 2 aromatic carbocycles. The Kier molecular flexibility index (Phi) is 7.46. The van der Waals surface area contributed by atoms with Gasteiger partial charge in [0.1, 0.15) is 6.04 Å². The zero-order valence-corrected chi connectivity index (χ0v) is 21.7. The van der Waals surface area contributed by atoms with Crippen molar-refractivity contribution in [2.75, 3.05) is 33.2 Å². The summed E-state index contributed by atoms with van der Waals surface area (Å²) in [6, 6.07) is 10.1. The number of likely N-dealkylation sites (N-methyl/N-ethyl adjacent to an activating group) is 1. The van der Waals surface area contributed by atoms with Crippen molar-refractivity contribution in [3.05, 3.63) is 70.3 Å². The predicted molar refractivity (Wildman–Crippen MR) is 137 cm³/mol. The van der Waals surface area contributed by atoms with Crippen LogP contribution in [-0.4, -0.2) is 77.6 Å². The first-order valence-electron chi connectivity index (χ1n) is 13.0. The van der Waals surface area contributed by atoms with Gasteiger partial charge in [0.25, 0.3) is 11.8 Å². The number of imide groups is 1. The van der Waals surface area contributed by atoms with Crippen LogP contribution in [0.2, 0.25) is 0 Å². The molecule has 2 N–H and O–H groups in total. The molecule has 0 radical (unpaired) electrons. The number of hydrogen-bond donors (Lipinski definition) is 2. The van der Waals surface area contributed by atoms with Crippen LogP contribution in [0.3, 0.4) is 0 Å². The summed E-state index contributed by atoms with van der Waals surface area (Å²) in [7, 11) is 2.05. The van der Waals surface area contributed by atoms with E-state index in [4.69, 9.17) is 0 Å². The van der Waals surface area contributed by atoms with Crippen molar-refractivity contribution in [1.29, 1.82) is 0 Å². The molecule has 2 aromatic rings. The highest BCUT2D eigenvalue weighted by Crippen LogP contribution is 2.31. The van der Waals surface area contributed by atoms with Gasteiger partial charge in [-0.25, -0.2) is 0 Å². The number of rotatable bonds is 7. The summed E-state index contributed by atoms with van der Waals surface area (Å²) in [4.78, 5) is 54.9. The number of piperazine rings is 1. The first-order chi connectivity index (χ1) is 18.6. The molecule has 3 aliphatic rings. The third-order valence-electron chi connectivity index (χ3n) is 7.62. The Bertz CT molecular complexity index is 1310. The van der Waals surface area contributed by atoms with E-state index in [2.05, 4.69) is 27.5 Å². The maximum atomic E-state index is 15.1. The van der Waals surface area contributed by atoms with Crippen molar-refractivity contribution in [3.8, 4) is 0 Å². The lowest BCUT2D eigenvalue weighted by atomic mass is 10.0. The minimum absolute atomic E-state index is 0.144. The summed E-state index contributed by atoms with van der Waals surface area (Å²) in [6.45, 7) is 4.12. The molecular formula is C28H31F2N5O4. The lowest BCUT2D eigenvalue weighted by Gasteiger charge is -2.32. The molecule has 2 saturated heterocycles. The van der Waals surface area contributed by atoms with Gasteiger partial charge in [-0.2, -0.15) is 8.78 Å². The summed E-state index contributed by atoms with van der Waals surface area (Å²) in [5.74, 6) is -6.31. The average molecular weight is 540 g/mol. The zero-order chi connectivity index (χ0) is 27.7. The van der Waals surface area contributed by atoms with Gasteiger partial charge in [-0.15, -0.1) is 0 Å². The van der Waals surface area contributed by atoms with Crippen molar-refractivity contribution in [2.45, 2.75) is 44.4 Å². The molecule has 0 bridgehead atoms. The Hall–Kier alpha value is -3.70. The van der Waals surface area contributed by atoms with Crippen LogP contribution in [0.1, 0.15) is 45.5 Å². The summed E-state index contributed by atoms with van der Waals surface area (Å²) in [5.41, 5.74) is 1.98. The average Bonchev–Trinajstić information content (AvgIpc) is 3.24. The lowest BCUT2D eigenvalue weighted by molar-refractivity contribution is -0.147. The van der Waals surface area contributed by atoms with Crippen molar-refractivity contribution < 1.29 is 28.0 Å². The minimum Gasteiger partial charge on any atom is -0.346 e. The van der Waals surface area contributed by atoms with E-state index in [1.54, 1.807) is 30.3 Å². The predicted octanol–water partition coefficient (Wildman–Crippen LogP) is 1.60. The second kappa shape index (κ2) is 10.8. The normalized spacial score (nSPS) is 20.6. The topological polar surface area (TPSA) is 102 Å². The summed E-state index contributed by atoms with van der Waals surface area (Å²) < 4.78 is 30.2. The van der Waals surface area contributed by atoms with Crippen LogP contribution < -0.4 is 10.6 Å². The molecule has 9 nitrogen and oxygen atoms in total. The van der Waals surface area contributed by atoms with Crippen molar-refractivity contribution in [3.63, 3.8) is 0 Å². The van der Waals surface area contributed by atoms with Gasteiger partial charge in [0.15, 0.2) is 0 Å². The van der Waals surface area contributed by atoms with Gasteiger partial charge >= 0.3 is 5.92 Å². The Morgan fingerprint density at radius 2 is 1.82 bits per heavy atom. The smallest absolute Gasteiger partial charge is 0.346 e. The zero-order valence-electron chi connectivity index (χ0n) is 21.7. The molecule has 0 spiro atoms. The number of piperidine rings is 1. The van der Waals surface area contributed by atoms with E-state index in [-0.39, 0.29) is 43.3 Å². The number of alkyl halides is 2. The highest BCUT2D eigenvalue weighted by molar-refractivity contribution is 6.05. The van der Waals surface area contributed by atoms with Crippen LogP contribution in [0.15, 0.2) is 42.5 Å². The van der Waals surface area contributed by atoms with Gasteiger partial charge in [0.2, 0.25) is 11.8 Å². The second-order valence-electron chi connectivity index (χ2n) is 10.4. The van der Waals surface area contributed by atoms with Crippen LogP contribution in [0.25, 0.3) is 0 Å².